The molecular weight excluding hydrogens is 180 g/mol. The van der Waals surface area contributed by atoms with Crippen molar-refractivity contribution in [3.63, 3.8) is 0 Å². The molecule has 0 atom stereocenters. The summed E-state index contributed by atoms with van der Waals surface area (Å²) in [6, 6.07) is 3.56. The second-order valence-corrected chi connectivity index (χ2v) is 3.43. The van der Waals surface area contributed by atoms with Crippen LogP contribution in [-0.2, 0) is 0 Å². The molecule has 0 fully saturated rings. The van der Waals surface area contributed by atoms with Gasteiger partial charge >= 0.3 is 0 Å². The number of fused-ring (bicyclic) bond motifs is 1. The van der Waals surface area contributed by atoms with E-state index >= 15 is 0 Å². The summed E-state index contributed by atoms with van der Waals surface area (Å²) in [4.78, 5) is 4.09. The first-order chi connectivity index (χ1) is 5.29. The summed E-state index contributed by atoms with van der Waals surface area (Å²) in [6.45, 7) is 0. The molecule has 1 heterocycles. The van der Waals surface area contributed by atoms with E-state index in [9.17, 15) is 0 Å². The highest BCUT2D eigenvalue weighted by Gasteiger charge is 2.03. The Labute approximate surface area is 72.6 Å². The Bertz CT molecular complexity index is 360. The zero-order valence-corrected chi connectivity index (χ0v) is 7.12. The summed E-state index contributed by atoms with van der Waals surface area (Å²) >= 11 is 7.39. The fourth-order valence-corrected chi connectivity index (χ4v) is 1.95. The number of nitrogens with two attached hydrogens (primary N) is 1. The number of aromatic nitrogens is 1. The van der Waals surface area contributed by atoms with E-state index in [0.717, 1.165) is 15.2 Å². The number of halogens is 1. The van der Waals surface area contributed by atoms with Gasteiger partial charge in [0.2, 0.25) is 0 Å². The lowest BCUT2D eigenvalue weighted by molar-refractivity contribution is 1.50. The molecule has 2 aromatic rings. The first-order valence-electron chi connectivity index (χ1n) is 3.06. The zero-order chi connectivity index (χ0) is 7.84. The largest absolute Gasteiger partial charge is 0.397 e. The number of hydrogen-bond donors (Lipinski definition) is 1. The number of anilines is 1. The van der Waals surface area contributed by atoms with Crippen LogP contribution in [0.25, 0.3) is 10.2 Å². The van der Waals surface area contributed by atoms with Gasteiger partial charge in [0.25, 0.3) is 0 Å². The zero-order valence-electron chi connectivity index (χ0n) is 5.54. The molecule has 0 aliphatic carbocycles. The van der Waals surface area contributed by atoms with Gasteiger partial charge in [-0.25, -0.2) is 4.98 Å². The van der Waals surface area contributed by atoms with Crippen LogP contribution in [0, 0.1) is 0 Å². The van der Waals surface area contributed by atoms with Crippen molar-refractivity contribution in [1.82, 2.24) is 4.98 Å². The maximum atomic E-state index is 5.89. The first kappa shape index (κ1) is 6.88. The lowest BCUT2D eigenvalue weighted by Gasteiger charge is -1.94. The Morgan fingerprint density at radius 3 is 3.00 bits per heavy atom. The van der Waals surface area contributed by atoms with Crippen molar-refractivity contribution < 1.29 is 0 Å². The molecule has 0 saturated heterocycles. The van der Waals surface area contributed by atoms with Crippen LogP contribution in [0.4, 0.5) is 5.69 Å². The number of benzene rings is 1. The van der Waals surface area contributed by atoms with Crippen LogP contribution in [-0.4, -0.2) is 4.98 Å². The number of hydrogen-bond acceptors (Lipinski definition) is 3. The molecule has 11 heavy (non-hydrogen) atoms. The van der Waals surface area contributed by atoms with Crippen LogP contribution in [0.5, 0.6) is 0 Å². The van der Waals surface area contributed by atoms with E-state index in [0.29, 0.717) is 5.69 Å². The van der Waals surface area contributed by atoms with Crippen LogP contribution >= 0.6 is 22.9 Å². The summed E-state index contributed by atoms with van der Waals surface area (Å²) in [5.74, 6) is 0. The summed E-state index contributed by atoms with van der Waals surface area (Å²) in [5.41, 5.74) is 8.89. The molecule has 56 valence electrons. The highest BCUT2D eigenvalue weighted by Crippen LogP contribution is 2.29. The summed E-state index contributed by atoms with van der Waals surface area (Å²) < 4.78 is 0.965. The van der Waals surface area contributed by atoms with Gasteiger partial charge in [-0.15, -0.1) is 11.3 Å². The molecule has 2 rings (SSSR count). The molecule has 0 spiro atoms. The molecule has 4 heteroatoms. The topological polar surface area (TPSA) is 38.9 Å². The third-order valence-corrected chi connectivity index (χ3v) is 2.75. The van der Waals surface area contributed by atoms with Crippen molar-refractivity contribution in [1.29, 1.82) is 0 Å². The number of thiazole rings is 1. The fraction of sp³-hybridized carbons (Fsp3) is 0. The minimum atomic E-state index is 0.686. The van der Waals surface area contributed by atoms with Crippen LogP contribution in [0.2, 0.25) is 5.02 Å². The predicted octanol–water partition coefficient (Wildman–Crippen LogP) is 2.53. The van der Waals surface area contributed by atoms with Gasteiger partial charge in [0, 0.05) is 0 Å². The first-order valence-corrected chi connectivity index (χ1v) is 4.32. The molecule has 0 unspecified atom stereocenters. The van der Waals surface area contributed by atoms with Crippen molar-refractivity contribution in [3.8, 4) is 0 Å². The third kappa shape index (κ3) is 0.968. The SMILES string of the molecule is Nc1ccc(Cl)c2scnc12. The molecule has 0 saturated carbocycles. The van der Waals surface area contributed by atoms with Crippen LogP contribution in [0.15, 0.2) is 17.6 Å². The van der Waals surface area contributed by atoms with E-state index in [1.807, 2.05) is 0 Å². The maximum Gasteiger partial charge on any atom is 0.106 e. The second-order valence-electron chi connectivity index (χ2n) is 2.17. The van der Waals surface area contributed by atoms with Crippen molar-refractivity contribution in [3.05, 3.63) is 22.7 Å². The van der Waals surface area contributed by atoms with E-state index in [-0.39, 0.29) is 0 Å². The van der Waals surface area contributed by atoms with Gasteiger partial charge in [-0.1, -0.05) is 11.6 Å². The Morgan fingerprint density at radius 2 is 2.27 bits per heavy atom. The fourth-order valence-electron chi connectivity index (χ4n) is 0.939. The van der Waals surface area contributed by atoms with Crippen LogP contribution < -0.4 is 5.73 Å². The average Bonchev–Trinajstić information content (AvgIpc) is 2.45. The molecule has 0 aliphatic heterocycles. The van der Waals surface area contributed by atoms with Crippen molar-refractivity contribution in [2.24, 2.45) is 0 Å². The van der Waals surface area contributed by atoms with Crippen molar-refractivity contribution in [2.75, 3.05) is 5.73 Å². The quantitative estimate of drug-likeness (QED) is 0.639. The third-order valence-electron chi connectivity index (χ3n) is 1.47. The Morgan fingerprint density at radius 1 is 1.45 bits per heavy atom. The van der Waals surface area contributed by atoms with Crippen LogP contribution in [0.3, 0.4) is 0 Å². The lowest BCUT2D eigenvalue weighted by atomic mass is 10.3. The van der Waals surface area contributed by atoms with E-state index in [1.165, 1.54) is 11.3 Å². The number of nitrogens with zero attached hydrogens (tertiary/aromatic N) is 1. The molecular formula is C7H5ClN2S. The Balaban J connectivity index is 2.96. The Hall–Kier alpha value is -0.800. The lowest BCUT2D eigenvalue weighted by Crippen LogP contribution is -1.85. The Kier molecular flexibility index (Phi) is 1.47. The smallest absolute Gasteiger partial charge is 0.106 e. The van der Waals surface area contributed by atoms with Gasteiger partial charge in [0.05, 0.1) is 20.9 Å². The standard InChI is InChI=1S/C7H5ClN2S/c8-4-1-2-5(9)6-7(4)11-3-10-6/h1-3H,9H2. The predicted molar refractivity (Wildman–Crippen MR) is 49.0 cm³/mol. The monoisotopic (exact) mass is 184 g/mol. The molecule has 1 aromatic carbocycles. The van der Waals surface area contributed by atoms with Gasteiger partial charge in [-0.2, -0.15) is 0 Å². The van der Waals surface area contributed by atoms with Crippen molar-refractivity contribution in [2.45, 2.75) is 0 Å². The molecule has 0 bridgehead atoms. The van der Waals surface area contributed by atoms with Gasteiger partial charge in [0.15, 0.2) is 0 Å². The van der Waals surface area contributed by atoms with E-state index in [2.05, 4.69) is 4.98 Å². The van der Waals surface area contributed by atoms with E-state index in [4.69, 9.17) is 17.3 Å². The highest BCUT2D eigenvalue weighted by atomic mass is 35.5. The summed E-state index contributed by atoms with van der Waals surface area (Å²) in [6.07, 6.45) is 0. The maximum absolute atomic E-state index is 5.89. The van der Waals surface area contributed by atoms with Gasteiger partial charge in [0.1, 0.15) is 5.52 Å². The van der Waals surface area contributed by atoms with E-state index < -0.39 is 0 Å². The molecule has 0 aliphatic rings. The number of rotatable bonds is 0. The minimum absolute atomic E-state index is 0.686. The molecule has 2 nitrogen and oxygen atoms in total. The molecule has 2 N–H and O–H groups in total. The van der Waals surface area contributed by atoms with Gasteiger partial charge in [-0.3, -0.25) is 0 Å². The molecule has 0 radical (unpaired) electrons. The second kappa shape index (κ2) is 2.36. The molecule has 0 amide bonds. The summed E-state index contributed by atoms with van der Waals surface area (Å²) in [5, 5.41) is 0.719. The minimum Gasteiger partial charge on any atom is -0.397 e. The molecule has 1 aromatic heterocycles. The normalized spacial score (nSPS) is 10.6. The van der Waals surface area contributed by atoms with Crippen molar-refractivity contribution >= 4 is 38.8 Å². The highest BCUT2D eigenvalue weighted by molar-refractivity contribution is 7.17. The average molecular weight is 185 g/mol. The van der Waals surface area contributed by atoms with Crippen LogP contribution in [0.1, 0.15) is 0 Å². The number of nitrogen functional groups attached to an aromatic ring is 1. The summed E-state index contributed by atoms with van der Waals surface area (Å²) in [7, 11) is 0. The van der Waals surface area contributed by atoms with Gasteiger partial charge < -0.3 is 5.73 Å². The van der Waals surface area contributed by atoms with E-state index in [1.54, 1.807) is 17.6 Å². The van der Waals surface area contributed by atoms with Gasteiger partial charge in [-0.05, 0) is 12.1 Å².